The molecule has 0 saturated carbocycles. The van der Waals surface area contributed by atoms with Crippen LogP contribution in [0.2, 0.25) is 0 Å². The lowest BCUT2D eigenvalue weighted by Gasteiger charge is -2.16. The van der Waals surface area contributed by atoms with E-state index in [9.17, 15) is 5.26 Å². The van der Waals surface area contributed by atoms with Gasteiger partial charge in [-0.3, -0.25) is 0 Å². The van der Waals surface area contributed by atoms with E-state index in [0.717, 1.165) is 26.7 Å². The first kappa shape index (κ1) is 21.4. The Hall–Kier alpha value is -3.29. The summed E-state index contributed by atoms with van der Waals surface area (Å²) in [6.07, 6.45) is 4.32. The normalized spacial score (nSPS) is 10.9. The van der Waals surface area contributed by atoms with Crippen LogP contribution in [0.5, 0.6) is 11.5 Å². The molecule has 3 nitrogen and oxygen atoms in total. The monoisotopic (exact) mass is 459 g/mol. The van der Waals surface area contributed by atoms with Crippen LogP contribution in [0, 0.1) is 11.3 Å². The number of nitrogens with zero attached hydrogens (tertiary/aromatic N) is 1. The quantitative estimate of drug-likeness (QED) is 0.210. The van der Waals surface area contributed by atoms with Gasteiger partial charge in [-0.05, 0) is 53.5 Å². The van der Waals surface area contributed by atoms with Gasteiger partial charge in [-0.15, -0.1) is 6.58 Å². The van der Waals surface area contributed by atoms with Crippen LogP contribution in [-0.2, 0) is 13.0 Å². The second-order valence-electron chi connectivity index (χ2n) is 6.66. The molecule has 3 rings (SSSR count). The summed E-state index contributed by atoms with van der Waals surface area (Å²) < 4.78 is 12.8. The number of halogens is 1. The zero-order chi connectivity index (χ0) is 21.3. The second-order valence-corrected chi connectivity index (χ2v) is 7.57. The smallest absolute Gasteiger partial charge is 0.165 e. The molecule has 0 atom stereocenters. The van der Waals surface area contributed by atoms with Crippen molar-refractivity contribution >= 4 is 27.6 Å². The molecule has 0 aliphatic carbocycles. The third-order valence-electron chi connectivity index (χ3n) is 4.55. The maximum absolute atomic E-state index is 9.63. The van der Waals surface area contributed by atoms with E-state index in [1.165, 1.54) is 0 Å². The highest BCUT2D eigenvalue weighted by atomic mass is 79.9. The number of nitriles is 1. The van der Waals surface area contributed by atoms with E-state index in [2.05, 4.69) is 28.6 Å². The van der Waals surface area contributed by atoms with Crippen molar-refractivity contribution in [1.82, 2.24) is 0 Å². The Morgan fingerprint density at radius 2 is 1.83 bits per heavy atom. The third-order valence-corrected chi connectivity index (χ3v) is 5.08. The van der Waals surface area contributed by atoms with Crippen LogP contribution < -0.4 is 9.47 Å². The molecule has 0 bridgehead atoms. The van der Waals surface area contributed by atoms with Crippen LogP contribution in [0.4, 0.5) is 0 Å². The SMILES string of the molecule is C=CCc1cc(/C=C(\C#N)c2ccccc2)cc(OC)c1OCc1ccc(Br)cc1. The summed E-state index contributed by atoms with van der Waals surface area (Å²) in [5, 5.41) is 9.63. The molecule has 0 heterocycles. The number of ether oxygens (including phenoxy) is 2. The van der Waals surface area contributed by atoms with Gasteiger partial charge in [0.15, 0.2) is 11.5 Å². The highest BCUT2D eigenvalue weighted by molar-refractivity contribution is 9.10. The number of hydrogen-bond acceptors (Lipinski definition) is 3. The predicted octanol–water partition coefficient (Wildman–Crippen LogP) is 6.83. The van der Waals surface area contributed by atoms with Crippen LogP contribution in [0.15, 0.2) is 83.9 Å². The molecular weight excluding hydrogens is 438 g/mol. The maximum Gasteiger partial charge on any atom is 0.165 e. The standard InChI is InChI=1S/C26H22BrNO2/c1-3-7-22-14-20(15-23(17-28)21-8-5-4-6-9-21)16-25(29-2)26(22)30-18-19-10-12-24(27)13-11-19/h3-6,8-16H,1,7,18H2,2H3/b23-15+. The summed E-state index contributed by atoms with van der Waals surface area (Å²) in [6, 6.07) is 23.8. The summed E-state index contributed by atoms with van der Waals surface area (Å²) in [5.74, 6) is 1.32. The van der Waals surface area contributed by atoms with Gasteiger partial charge in [0.25, 0.3) is 0 Å². The topological polar surface area (TPSA) is 42.2 Å². The van der Waals surface area contributed by atoms with E-state index < -0.39 is 0 Å². The van der Waals surface area contributed by atoms with Crippen LogP contribution in [0.25, 0.3) is 11.6 Å². The van der Waals surface area contributed by atoms with Crippen molar-refractivity contribution in [3.8, 4) is 17.6 Å². The fourth-order valence-corrected chi connectivity index (χ4v) is 3.35. The lowest BCUT2D eigenvalue weighted by molar-refractivity contribution is 0.282. The van der Waals surface area contributed by atoms with Crippen molar-refractivity contribution in [3.05, 3.63) is 106 Å². The zero-order valence-corrected chi connectivity index (χ0v) is 18.4. The molecule has 0 aliphatic heterocycles. The molecular formula is C26H22BrNO2. The number of benzene rings is 3. The van der Waals surface area contributed by atoms with Crippen LogP contribution in [0.3, 0.4) is 0 Å². The Balaban J connectivity index is 1.96. The summed E-state index contributed by atoms with van der Waals surface area (Å²) in [5.41, 5.74) is 4.35. The number of hydrogen-bond donors (Lipinski definition) is 0. The summed E-state index contributed by atoms with van der Waals surface area (Å²) >= 11 is 3.45. The first-order chi connectivity index (χ1) is 14.6. The Labute approximate surface area is 186 Å². The fraction of sp³-hybridized carbons (Fsp3) is 0.115. The van der Waals surface area contributed by atoms with Gasteiger partial charge in [0.2, 0.25) is 0 Å². The van der Waals surface area contributed by atoms with Gasteiger partial charge in [-0.25, -0.2) is 0 Å². The third kappa shape index (κ3) is 5.40. The minimum atomic E-state index is 0.427. The fourth-order valence-electron chi connectivity index (χ4n) is 3.09. The minimum absolute atomic E-state index is 0.427. The summed E-state index contributed by atoms with van der Waals surface area (Å²) in [4.78, 5) is 0. The summed E-state index contributed by atoms with van der Waals surface area (Å²) in [7, 11) is 1.62. The van der Waals surface area contributed by atoms with Gasteiger partial charge < -0.3 is 9.47 Å². The lowest BCUT2D eigenvalue weighted by atomic mass is 10.0. The van der Waals surface area contributed by atoms with Crippen LogP contribution in [-0.4, -0.2) is 7.11 Å². The molecule has 0 spiro atoms. The van der Waals surface area contributed by atoms with E-state index in [1.807, 2.05) is 78.9 Å². The predicted molar refractivity (Wildman–Crippen MR) is 125 cm³/mol. The highest BCUT2D eigenvalue weighted by Gasteiger charge is 2.13. The molecule has 0 unspecified atom stereocenters. The molecule has 0 aromatic heterocycles. The highest BCUT2D eigenvalue weighted by Crippen LogP contribution is 2.35. The Bertz CT molecular complexity index is 1080. The number of methoxy groups -OCH3 is 1. The molecule has 0 aliphatic rings. The van der Waals surface area contributed by atoms with E-state index in [0.29, 0.717) is 30.1 Å². The molecule has 0 amide bonds. The molecule has 150 valence electrons. The Morgan fingerprint density at radius 1 is 1.10 bits per heavy atom. The van der Waals surface area contributed by atoms with Gasteiger partial charge in [0.1, 0.15) is 6.61 Å². The van der Waals surface area contributed by atoms with Gasteiger partial charge >= 0.3 is 0 Å². The molecule has 0 N–H and O–H groups in total. The van der Waals surface area contributed by atoms with E-state index in [1.54, 1.807) is 7.11 Å². The molecule has 3 aromatic rings. The number of allylic oxidation sites excluding steroid dienone is 2. The maximum atomic E-state index is 9.63. The molecule has 0 saturated heterocycles. The van der Waals surface area contributed by atoms with Crippen molar-refractivity contribution in [3.63, 3.8) is 0 Å². The van der Waals surface area contributed by atoms with E-state index >= 15 is 0 Å². The molecule has 0 fully saturated rings. The first-order valence-electron chi connectivity index (χ1n) is 9.51. The zero-order valence-electron chi connectivity index (χ0n) is 16.8. The van der Waals surface area contributed by atoms with Crippen LogP contribution in [0.1, 0.15) is 22.3 Å². The summed E-state index contributed by atoms with van der Waals surface area (Å²) in [6.45, 7) is 4.29. The van der Waals surface area contributed by atoms with E-state index in [4.69, 9.17) is 9.47 Å². The Morgan fingerprint density at radius 3 is 2.47 bits per heavy atom. The first-order valence-corrected chi connectivity index (χ1v) is 10.3. The average Bonchev–Trinajstić information content (AvgIpc) is 2.78. The van der Waals surface area contributed by atoms with Crippen molar-refractivity contribution in [2.75, 3.05) is 7.11 Å². The second kappa shape index (κ2) is 10.5. The van der Waals surface area contributed by atoms with Gasteiger partial charge in [0.05, 0.1) is 18.8 Å². The van der Waals surface area contributed by atoms with Gasteiger partial charge in [0, 0.05) is 10.0 Å². The average molecular weight is 460 g/mol. The molecule has 0 radical (unpaired) electrons. The largest absolute Gasteiger partial charge is 0.493 e. The van der Waals surface area contributed by atoms with Crippen molar-refractivity contribution < 1.29 is 9.47 Å². The molecule has 4 heteroatoms. The minimum Gasteiger partial charge on any atom is -0.493 e. The van der Waals surface area contributed by atoms with Crippen LogP contribution >= 0.6 is 15.9 Å². The number of rotatable bonds is 8. The van der Waals surface area contributed by atoms with Crippen molar-refractivity contribution in [1.29, 1.82) is 5.26 Å². The van der Waals surface area contributed by atoms with E-state index in [-0.39, 0.29) is 0 Å². The van der Waals surface area contributed by atoms with Crippen molar-refractivity contribution in [2.45, 2.75) is 13.0 Å². The molecule has 30 heavy (non-hydrogen) atoms. The lowest BCUT2D eigenvalue weighted by Crippen LogP contribution is -2.02. The molecule has 3 aromatic carbocycles. The van der Waals surface area contributed by atoms with Crippen molar-refractivity contribution in [2.24, 2.45) is 0 Å². The Kier molecular flexibility index (Phi) is 7.48. The van der Waals surface area contributed by atoms with Gasteiger partial charge in [-0.2, -0.15) is 5.26 Å². The van der Waals surface area contributed by atoms with Gasteiger partial charge in [-0.1, -0.05) is 64.5 Å².